The third-order valence-corrected chi connectivity index (χ3v) is 6.60. The van der Waals surface area contributed by atoms with Crippen LogP contribution in [0.15, 0.2) is 29.2 Å². The largest absolute Gasteiger partial charge is 0.344 e. The van der Waals surface area contributed by atoms with E-state index in [1.54, 1.807) is 19.9 Å². The predicted octanol–water partition coefficient (Wildman–Crippen LogP) is 1.42. The summed E-state index contributed by atoms with van der Waals surface area (Å²) in [6.07, 6.45) is 1.54. The summed E-state index contributed by atoms with van der Waals surface area (Å²) < 4.78 is 26.4. The Bertz CT molecular complexity index is 1100. The van der Waals surface area contributed by atoms with E-state index in [9.17, 15) is 28.1 Å². The average molecular weight is 393 g/mol. The van der Waals surface area contributed by atoms with Gasteiger partial charge in [-0.15, -0.1) is 0 Å². The van der Waals surface area contributed by atoms with Gasteiger partial charge in [-0.25, -0.2) is 8.42 Å². The third kappa shape index (κ3) is 3.70. The first-order valence-electron chi connectivity index (χ1n) is 8.36. The van der Waals surface area contributed by atoms with Crippen LogP contribution in [0.2, 0.25) is 0 Å². The number of rotatable bonds is 5. The molecule has 1 saturated heterocycles. The Labute approximate surface area is 155 Å². The number of pyridine rings is 1. The molecule has 1 atom stereocenters. The zero-order chi connectivity index (χ0) is 19.9. The van der Waals surface area contributed by atoms with Gasteiger partial charge in [0.15, 0.2) is 15.6 Å². The van der Waals surface area contributed by atoms with Crippen molar-refractivity contribution in [3.8, 4) is 0 Å². The molecule has 1 aliphatic heterocycles. The Morgan fingerprint density at radius 2 is 2.04 bits per heavy atom. The smallest absolute Gasteiger partial charge is 0.285 e. The van der Waals surface area contributed by atoms with Gasteiger partial charge in [-0.3, -0.25) is 19.7 Å². The van der Waals surface area contributed by atoms with Crippen LogP contribution in [0.4, 0.5) is 5.69 Å². The van der Waals surface area contributed by atoms with Gasteiger partial charge in [0.2, 0.25) is 0 Å². The molecule has 1 aliphatic rings. The van der Waals surface area contributed by atoms with Gasteiger partial charge >= 0.3 is 0 Å². The van der Waals surface area contributed by atoms with Crippen LogP contribution in [0.5, 0.6) is 0 Å². The molecular formula is C17H19N3O6S. The van der Waals surface area contributed by atoms with Gasteiger partial charge in [-0.05, 0) is 26.3 Å². The van der Waals surface area contributed by atoms with Crippen LogP contribution >= 0.6 is 0 Å². The number of ketones is 1. The number of hydrogen-bond acceptors (Lipinski definition) is 6. The molecule has 0 bridgehead atoms. The van der Waals surface area contributed by atoms with Crippen molar-refractivity contribution >= 4 is 21.3 Å². The Morgan fingerprint density at radius 1 is 1.33 bits per heavy atom. The van der Waals surface area contributed by atoms with Crippen molar-refractivity contribution in [3.05, 3.63) is 61.8 Å². The van der Waals surface area contributed by atoms with Crippen molar-refractivity contribution in [2.24, 2.45) is 0 Å². The van der Waals surface area contributed by atoms with E-state index >= 15 is 0 Å². The topological polar surface area (TPSA) is 121 Å². The zero-order valence-corrected chi connectivity index (χ0v) is 15.7. The molecule has 0 spiro atoms. The van der Waals surface area contributed by atoms with E-state index in [4.69, 9.17) is 0 Å². The second kappa shape index (κ2) is 6.76. The maximum Gasteiger partial charge on any atom is 0.285 e. The van der Waals surface area contributed by atoms with E-state index < -0.39 is 20.3 Å². The summed E-state index contributed by atoms with van der Waals surface area (Å²) in [5, 5.41) is 10.9. The predicted molar refractivity (Wildman–Crippen MR) is 97.9 cm³/mol. The highest BCUT2D eigenvalue weighted by Crippen LogP contribution is 2.29. The van der Waals surface area contributed by atoms with Crippen LogP contribution in [-0.4, -0.2) is 39.8 Å². The molecule has 9 nitrogen and oxygen atoms in total. The van der Waals surface area contributed by atoms with E-state index in [0.29, 0.717) is 17.7 Å². The van der Waals surface area contributed by atoms with Gasteiger partial charge < -0.3 is 9.13 Å². The fraction of sp³-hybridized carbons (Fsp3) is 0.412. The second-order valence-electron chi connectivity index (χ2n) is 6.75. The SMILES string of the molecule is Cc1cc(C(=O)Cn2cc([N+](=O)[O-])ccc2=O)c(C)n1[C@H]1CCS(=O)(=O)C1. The van der Waals surface area contributed by atoms with Gasteiger partial charge in [-0.1, -0.05) is 0 Å². The summed E-state index contributed by atoms with van der Waals surface area (Å²) in [4.78, 5) is 34.9. The van der Waals surface area contributed by atoms with Crippen LogP contribution < -0.4 is 5.56 Å². The van der Waals surface area contributed by atoms with Crippen molar-refractivity contribution in [1.29, 1.82) is 0 Å². The van der Waals surface area contributed by atoms with E-state index in [0.717, 1.165) is 28.6 Å². The number of sulfone groups is 1. The van der Waals surface area contributed by atoms with Gasteiger partial charge in [0.05, 0.1) is 29.2 Å². The van der Waals surface area contributed by atoms with Crippen molar-refractivity contribution in [2.45, 2.75) is 32.9 Å². The summed E-state index contributed by atoms with van der Waals surface area (Å²) in [5.41, 5.74) is 1.01. The normalized spacial score (nSPS) is 18.5. The first-order chi connectivity index (χ1) is 12.6. The second-order valence-corrected chi connectivity index (χ2v) is 8.97. The molecule has 1 fully saturated rings. The molecule has 0 saturated carbocycles. The van der Waals surface area contributed by atoms with E-state index in [-0.39, 0.29) is 35.6 Å². The number of aromatic nitrogens is 2. The molecule has 0 aromatic carbocycles. The van der Waals surface area contributed by atoms with Gasteiger partial charge in [0.25, 0.3) is 11.2 Å². The maximum absolute atomic E-state index is 12.7. The molecule has 3 rings (SSSR count). The summed E-state index contributed by atoms with van der Waals surface area (Å²) in [7, 11) is -3.07. The summed E-state index contributed by atoms with van der Waals surface area (Å²) in [6.45, 7) is 3.21. The fourth-order valence-electron chi connectivity index (χ4n) is 3.59. The maximum atomic E-state index is 12.7. The highest BCUT2D eigenvalue weighted by atomic mass is 32.2. The Hall–Kier alpha value is -2.75. The van der Waals surface area contributed by atoms with Crippen molar-refractivity contribution < 1.29 is 18.1 Å². The molecule has 0 aliphatic carbocycles. The molecule has 144 valence electrons. The highest BCUT2D eigenvalue weighted by Gasteiger charge is 2.31. The molecule has 10 heteroatoms. The standard InChI is InChI=1S/C17H19N3O6S/c1-11-7-15(12(2)19(11)14-5-6-27(25,26)10-14)16(21)9-18-8-13(20(23)24)3-4-17(18)22/h3-4,7-8,14H,5-6,9-10H2,1-2H3/t14-/m0/s1. The highest BCUT2D eigenvalue weighted by molar-refractivity contribution is 7.91. The number of carbonyl (C=O) groups excluding carboxylic acids is 1. The lowest BCUT2D eigenvalue weighted by Crippen LogP contribution is -2.23. The molecule has 0 unspecified atom stereocenters. The third-order valence-electron chi connectivity index (χ3n) is 4.85. The first kappa shape index (κ1) is 19.0. The number of nitro groups is 1. The van der Waals surface area contributed by atoms with Gasteiger partial charge in [0, 0.05) is 35.1 Å². The van der Waals surface area contributed by atoms with Crippen molar-refractivity contribution in [3.63, 3.8) is 0 Å². The lowest BCUT2D eigenvalue weighted by Gasteiger charge is -2.16. The monoisotopic (exact) mass is 393 g/mol. The van der Waals surface area contributed by atoms with Crippen LogP contribution in [0, 0.1) is 24.0 Å². The fourth-order valence-corrected chi connectivity index (χ4v) is 5.29. The van der Waals surface area contributed by atoms with Crippen LogP contribution in [-0.2, 0) is 16.4 Å². The Balaban J connectivity index is 1.91. The van der Waals surface area contributed by atoms with E-state index in [1.165, 1.54) is 0 Å². The molecule has 2 aromatic rings. The summed E-state index contributed by atoms with van der Waals surface area (Å²) in [5.74, 6) is -0.194. The molecule has 0 amide bonds. The number of Topliss-reactive ketones (excluding diaryl/α,β-unsaturated/α-hetero) is 1. The summed E-state index contributed by atoms with van der Waals surface area (Å²) in [6, 6.07) is 3.61. The van der Waals surface area contributed by atoms with Crippen molar-refractivity contribution in [2.75, 3.05) is 11.5 Å². The van der Waals surface area contributed by atoms with Gasteiger partial charge in [0.1, 0.15) is 0 Å². The summed E-state index contributed by atoms with van der Waals surface area (Å²) >= 11 is 0. The number of carbonyl (C=O) groups is 1. The lowest BCUT2D eigenvalue weighted by atomic mass is 10.1. The number of hydrogen-bond donors (Lipinski definition) is 0. The number of nitrogens with zero attached hydrogens (tertiary/aromatic N) is 3. The lowest BCUT2D eigenvalue weighted by molar-refractivity contribution is -0.385. The molecule has 0 N–H and O–H groups in total. The van der Waals surface area contributed by atoms with E-state index in [2.05, 4.69) is 0 Å². The quantitative estimate of drug-likeness (QED) is 0.430. The Morgan fingerprint density at radius 3 is 2.63 bits per heavy atom. The van der Waals surface area contributed by atoms with Gasteiger partial charge in [-0.2, -0.15) is 0 Å². The molecule has 2 aromatic heterocycles. The van der Waals surface area contributed by atoms with Crippen molar-refractivity contribution in [1.82, 2.24) is 9.13 Å². The Kier molecular flexibility index (Phi) is 4.77. The van der Waals surface area contributed by atoms with Crippen LogP contribution in [0.3, 0.4) is 0 Å². The minimum Gasteiger partial charge on any atom is -0.344 e. The molecular weight excluding hydrogens is 374 g/mol. The average Bonchev–Trinajstić information content (AvgIpc) is 3.07. The molecule has 0 radical (unpaired) electrons. The minimum atomic E-state index is -3.07. The van der Waals surface area contributed by atoms with Crippen LogP contribution in [0.1, 0.15) is 34.2 Å². The van der Waals surface area contributed by atoms with Crippen LogP contribution in [0.25, 0.3) is 0 Å². The minimum absolute atomic E-state index is 0.0430. The van der Waals surface area contributed by atoms with E-state index in [1.807, 2.05) is 4.57 Å². The number of aryl methyl sites for hydroxylation is 1. The molecule has 27 heavy (non-hydrogen) atoms. The first-order valence-corrected chi connectivity index (χ1v) is 10.2. The molecule has 3 heterocycles. The zero-order valence-electron chi connectivity index (χ0n) is 14.9.